The Bertz CT molecular complexity index is 292. The van der Waals surface area contributed by atoms with E-state index in [0.29, 0.717) is 5.78 Å². The lowest BCUT2D eigenvalue weighted by Crippen LogP contribution is -1.97. The number of carbonyl (C=O) groups is 1. The highest BCUT2D eigenvalue weighted by atomic mass is 16.1. The summed E-state index contributed by atoms with van der Waals surface area (Å²) >= 11 is 0. The first kappa shape index (κ1) is 24.4. The second-order valence-corrected chi connectivity index (χ2v) is 7.68. The lowest BCUT2D eigenvalue weighted by molar-refractivity contribution is -0.119. The molecule has 0 amide bonds. The van der Waals surface area contributed by atoms with Crippen LogP contribution in [0.1, 0.15) is 136 Å². The molecular formula is C24H46O. The minimum atomic E-state index is 0.494. The minimum Gasteiger partial charge on any atom is -0.300 e. The first-order chi connectivity index (χ1) is 12.3. The van der Waals surface area contributed by atoms with Gasteiger partial charge in [-0.3, -0.25) is 4.79 Å². The molecule has 1 heteroatoms. The molecule has 0 atom stereocenters. The van der Waals surface area contributed by atoms with Gasteiger partial charge in [-0.05, 0) is 38.5 Å². The van der Waals surface area contributed by atoms with Crippen LogP contribution >= 0.6 is 0 Å². The van der Waals surface area contributed by atoms with Gasteiger partial charge < -0.3 is 0 Å². The number of rotatable bonds is 20. The molecule has 0 spiro atoms. The van der Waals surface area contributed by atoms with Gasteiger partial charge in [0.1, 0.15) is 5.78 Å². The highest BCUT2D eigenvalue weighted by Gasteiger charge is 2.01. The van der Waals surface area contributed by atoms with E-state index in [1.165, 1.54) is 96.3 Å². The third-order valence-corrected chi connectivity index (χ3v) is 5.03. The summed E-state index contributed by atoms with van der Waals surface area (Å²) in [5.41, 5.74) is 0. The van der Waals surface area contributed by atoms with Crippen molar-refractivity contribution in [2.45, 2.75) is 136 Å². The molecule has 0 N–H and O–H groups in total. The van der Waals surface area contributed by atoms with Crippen LogP contribution in [-0.2, 0) is 4.79 Å². The van der Waals surface area contributed by atoms with Gasteiger partial charge in [0.2, 0.25) is 0 Å². The van der Waals surface area contributed by atoms with Crippen molar-refractivity contribution in [1.82, 2.24) is 0 Å². The van der Waals surface area contributed by atoms with Crippen LogP contribution in [-0.4, -0.2) is 5.78 Å². The van der Waals surface area contributed by atoms with E-state index in [4.69, 9.17) is 0 Å². The zero-order chi connectivity index (χ0) is 18.4. The second kappa shape index (κ2) is 21.5. The number of Topliss-reactive ketones (excluding diaryl/α,β-unsaturated/α-hetero) is 1. The van der Waals surface area contributed by atoms with Crippen molar-refractivity contribution in [2.24, 2.45) is 0 Å². The van der Waals surface area contributed by atoms with Gasteiger partial charge in [-0.2, -0.15) is 0 Å². The van der Waals surface area contributed by atoms with Gasteiger partial charge in [-0.15, -0.1) is 0 Å². The maximum absolute atomic E-state index is 11.7. The van der Waals surface area contributed by atoms with Crippen molar-refractivity contribution < 1.29 is 4.79 Å². The zero-order valence-corrected chi connectivity index (χ0v) is 17.5. The molecule has 0 fully saturated rings. The molecule has 0 heterocycles. The summed E-state index contributed by atoms with van der Waals surface area (Å²) in [5, 5.41) is 0. The van der Waals surface area contributed by atoms with Gasteiger partial charge >= 0.3 is 0 Å². The van der Waals surface area contributed by atoms with E-state index in [2.05, 4.69) is 26.0 Å². The smallest absolute Gasteiger partial charge is 0.132 e. The Kier molecular flexibility index (Phi) is 20.9. The van der Waals surface area contributed by atoms with Crippen molar-refractivity contribution in [3.05, 3.63) is 12.2 Å². The Hall–Kier alpha value is -0.590. The molecule has 148 valence electrons. The quantitative estimate of drug-likeness (QED) is 0.159. The maximum Gasteiger partial charge on any atom is 0.132 e. The van der Waals surface area contributed by atoms with E-state index in [0.717, 1.165) is 25.7 Å². The topological polar surface area (TPSA) is 17.1 Å². The third kappa shape index (κ3) is 21.4. The van der Waals surface area contributed by atoms with Gasteiger partial charge in [0.15, 0.2) is 0 Å². The Morgan fingerprint density at radius 1 is 0.520 bits per heavy atom. The van der Waals surface area contributed by atoms with Crippen LogP contribution in [0, 0.1) is 0 Å². The van der Waals surface area contributed by atoms with E-state index in [1.54, 1.807) is 0 Å². The molecule has 25 heavy (non-hydrogen) atoms. The Morgan fingerprint density at radius 3 is 1.36 bits per heavy atom. The average molecular weight is 351 g/mol. The number of unbranched alkanes of at least 4 members (excludes halogenated alkanes) is 14. The monoisotopic (exact) mass is 350 g/mol. The van der Waals surface area contributed by atoms with Crippen molar-refractivity contribution in [2.75, 3.05) is 0 Å². The molecular weight excluding hydrogens is 304 g/mol. The van der Waals surface area contributed by atoms with Crippen LogP contribution < -0.4 is 0 Å². The molecule has 0 unspecified atom stereocenters. The predicted octanol–water partition coefficient (Wildman–Crippen LogP) is 8.56. The van der Waals surface area contributed by atoms with E-state index in [9.17, 15) is 4.79 Å². The van der Waals surface area contributed by atoms with Crippen molar-refractivity contribution in [3.63, 3.8) is 0 Å². The summed E-state index contributed by atoms with van der Waals surface area (Å²) in [4.78, 5) is 11.7. The second-order valence-electron chi connectivity index (χ2n) is 7.68. The summed E-state index contributed by atoms with van der Waals surface area (Å²) in [7, 11) is 0. The highest BCUT2D eigenvalue weighted by Crippen LogP contribution is 2.11. The zero-order valence-electron chi connectivity index (χ0n) is 17.5. The molecule has 0 aromatic heterocycles. The van der Waals surface area contributed by atoms with E-state index < -0.39 is 0 Å². The first-order valence-corrected chi connectivity index (χ1v) is 11.5. The SMILES string of the molecule is CCCCCCCCC=CCCCCCCCC(=O)CCCCCC. The number of allylic oxidation sites excluding steroid dienone is 2. The minimum absolute atomic E-state index is 0.494. The van der Waals surface area contributed by atoms with Crippen molar-refractivity contribution >= 4 is 5.78 Å². The van der Waals surface area contributed by atoms with Crippen LogP contribution in [0.2, 0.25) is 0 Å². The summed E-state index contributed by atoms with van der Waals surface area (Å²) in [6.45, 7) is 4.49. The summed E-state index contributed by atoms with van der Waals surface area (Å²) in [6, 6.07) is 0. The lowest BCUT2D eigenvalue weighted by Gasteiger charge is -2.02. The highest BCUT2D eigenvalue weighted by molar-refractivity contribution is 5.78. The fraction of sp³-hybridized carbons (Fsp3) is 0.875. The number of carbonyl (C=O) groups excluding carboxylic acids is 1. The molecule has 1 nitrogen and oxygen atoms in total. The Morgan fingerprint density at radius 2 is 0.880 bits per heavy atom. The summed E-state index contributed by atoms with van der Waals surface area (Å²) in [6.07, 6.45) is 28.5. The fourth-order valence-corrected chi connectivity index (χ4v) is 3.27. The van der Waals surface area contributed by atoms with Crippen LogP contribution in [0.4, 0.5) is 0 Å². The molecule has 0 aliphatic rings. The number of hydrogen-bond donors (Lipinski definition) is 0. The molecule has 0 rings (SSSR count). The van der Waals surface area contributed by atoms with E-state index in [1.807, 2.05) is 0 Å². The predicted molar refractivity (Wildman–Crippen MR) is 113 cm³/mol. The first-order valence-electron chi connectivity index (χ1n) is 11.5. The molecule has 0 aliphatic carbocycles. The maximum atomic E-state index is 11.7. The molecule has 0 aromatic carbocycles. The van der Waals surface area contributed by atoms with Crippen LogP contribution in [0.3, 0.4) is 0 Å². The van der Waals surface area contributed by atoms with Gasteiger partial charge in [-0.25, -0.2) is 0 Å². The Labute approximate surface area is 159 Å². The fourth-order valence-electron chi connectivity index (χ4n) is 3.27. The summed E-state index contributed by atoms with van der Waals surface area (Å²) < 4.78 is 0. The lowest BCUT2D eigenvalue weighted by atomic mass is 10.0. The molecule has 0 aromatic rings. The van der Waals surface area contributed by atoms with Gasteiger partial charge in [0.25, 0.3) is 0 Å². The van der Waals surface area contributed by atoms with Crippen LogP contribution in [0.15, 0.2) is 12.2 Å². The van der Waals surface area contributed by atoms with Crippen molar-refractivity contribution in [1.29, 1.82) is 0 Å². The van der Waals surface area contributed by atoms with Crippen molar-refractivity contribution in [3.8, 4) is 0 Å². The van der Waals surface area contributed by atoms with Gasteiger partial charge in [0.05, 0.1) is 0 Å². The summed E-state index contributed by atoms with van der Waals surface area (Å²) in [5.74, 6) is 0.494. The molecule has 0 saturated heterocycles. The molecule has 0 aliphatic heterocycles. The largest absolute Gasteiger partial charge is 0.300 e. The van der Waals surface area contributed by atoms with Gasteiger partial charge in [0, 0.05) is 12.8 Å². The molecule has 0 radical (unpaired) electrons. The number of ketones is 1. The van der Waals surface area contributed by atoms with Crippen LogP contribution in [0.5, 0.6) is 0 Å². The number of hydrogen-bond acceptors (Lipinski definition) is 1. The van der Waals surface area contributed by atoms with Gasteiger partial charge in [-0.1, -0.05) is 96.6 Å². The molecule has 0 saturated carbocycles. The molecule has 0 bridgehead atoms. The average Bonchev–Trinajstić information content (AvgIpc) is 2.62. The van der Waals surface area contributed by atoms with Crippen LogP contribution in [0.25, 0.3) is 0 Å². The normalized spacial score (nSPS) is 11.4. The third-order valence-electron chi connectivity index (χ3n) is 5.03. The van der Waals surface area contributed by atoms with E-state index >= 15 is 0 Å². The van der Waals surface area contributed by atoms with E-state index in [-0.39, 0.29) is 0 Å². The standard InChI is InChI=1S/C24H46O/c1-3-5-7-9-10-11-12-13-14-15-16-17-18-19-21-23-24(25)22-20-8-6-4-2/h13-14H,3-12,15-23H2,1-2H3. The Balaban J connectivity index is 3.17.